The normalized spacial score (nSPS) is 16.2. The van der Waals surface area contributed by atoms with Gasteiger partial charge in [-0.05, 0) is 35.7 Å². The Morgan fingerprint density at radius 3 is 3.07 bits per heavy atom. The second-order valence-corrected chi connectivity index (χ2v) is 7.28. The van der Waals surface area contributed by atoms with Crippen LogP contribution in [0.1, 0.15) is 32.5 Å². The van der Waals surface area contributed by atoms with Crippen LogP contribution in [0.5, 0.6) is 0 Å². The van der Waals surface area contributed by atoms with Gasteiger partial charge in [-0.1, -0.05) is 12.1 Å². The number of carbonyl (C=O) groups is 1. The minimum Gasteiger partial charge on any atom is -0.305 e. The average molecular weight is 376 g/mol. The molecular weight excluding hydrogens is 360 g/mol. The van der Waals surface area contributed by atoms with Crippen molar-refractivity contribution in [2.24, 2.45) is 0 Å². The van der Waals surface area contributed by atoms with Crippen LogP contribution in [0.25, 0.3) is 5.65 Å². The third-order valence-corrected chi connectivity index (χ3v) is 5.58. The van der Waals surface area contributed by atoms with E-state index in [0.717, 1.165) is 17.0 Å². The number of aromatic nitrogens is 4. The van der Waals surface area contributed by atoms with E-state index in [2.05, 4.69) is 31.8 Å². The zero-order chi connectivity index (χ0) is 18.2. The van der Waals surface area contributed by atoms with E-state index in [0.29, 0.717) is 23.6 Å². The van der Waals surface area contributed by atoms with Gasteiger partial charge in [-0.15, -0.1) is 11.3 Å². The fourth-order valence-electron chi connectivity index (χ4n) is 3.42. The Bertz CT molecular complexity index is 1090. The predicted molar refractivity (Wildman–Crippen MR) is 103 cm³/mol. The predicted octanol–water partition coefficient (Wildman–Crippen LogP) is 2.83. The van der Waals surface area contributed by atoms with Gasteiger partial charge in [-0.3, -0.25) is 4.79 Å². The Labute approximate surface area is 159 Å². The molecule has 0 saturated carbocycles. The maximum absolute atomic E-state index is 12.9. The number of fused-ring (bicyclic) bond motifs is 2. The second-order valence-electron chi connectivity index (χ2n) is 6.36. The molecule has 1 aliphatic rings. The molecule has 4 heterocycles. The zero-order valence-corrected chi connectivity index (χ0v) is 15.1. The number of benzene rings is 1. The number of anilines is 1. The van der Waals surface area contributed by atoms with E-state index in [1.165, 1.54) is 5.56 Å². The molecule has 0 spiro atoms. The van der Waals surface area contributed by atoms with Crippen LogP contribution in [-0.2, 0) is 13.0 Å². The molecule has 7 nitrogen and oxygen atoms in total. The number of thiazole rings is 1. The van der Waals surface area contributed by atoms with E-state index >= 15 is 0 Å². The quantitative estimate of drug-likeness (QED) is 0.574. The Morgan fingerprint density at radius 2 is 2.22 bits per heavy atom. The number of nitrogens with zero attached hydrogens (tertiary/aromatic N) is 4. The van der Waals surface area contributed by atoms with Crippen molar-refractivity contribution in [3.05, 3.63) is 76.0 Å². The molecule has 0 radical (unpaired) electrons. The van der Waals surface area contributed by atoms with Crippen molar-refractivity contribution in [2.75, 3.05) is 5.32 Å². The van der Waals surface area contributed by atoms with Crippen LogP contribution < -0.4 is 10.6 Å². The molecule has 0 fully saturated rings. The molecule has 1 amide bonds. The maximum Gasteiger partial charge on any atom is 0.257 e. The van der Waals surface area contributed by atoms with E-state index in [4.69, 9.17) is 0 Å². The highest BCUT2D eigenvalue weighted by Crippen LogP contribution is 2.29. The standard InChI is InChI=1S/C19H16N6OS/c26-18(24-16-11-25-17(23-16)5-2-6-22-25)13-4-1-3-12-9-15(21-10-14(12)13)19-20-7-8-27-19/h1-8,11,15,21H,9-10H2,(H,24,26). The Balaban J connectivity index is 1.41. The van der Waals surface area contributed by atoms with Gasteiger partial charge in [0, 0.05) is 29.9 Å². The third-order valence-electron chi connectivity index (χ3n) is 4.69. The van der Waals surface area contributed by atoms with Crippen molar-refractivity contribution >= 4 is 28.7 Å². The first kappa shape index (κ1) is 16.1. The molecule has 0 aliphatic carbocycles. The highest BCUT2D eigenvalue weighted by atomic mass is 32.1. The van der Waals surface area contributed by atoms with E-state index in [1.54, 1.807) is 28.2 Å². The molecule has 4 aromatic rings. The molecule has 1 atom stereocenters. The van der Waals surface area contributed by atoms with E-state index in [1.807, 2.05) is 35.8 Å². The van der Waals surface area contributed by atoms with E-state index < -0.39 is 0 Å². The third kappa shape index (κ3) is 2.98. The van der Waals surface area contributed by atoms with Gasteiger partial charge in [0.2, 0.25) is 0 Å². The SMILES string of the molecule is O=C(Nc1cn2ncccc2n1)c1cccc2c1CNC(c1nccs1)C2. The number of hydrogen-bond acceptors (Lipinski definition) is 6. The summed E-state index contributed by atoms with van der Waals surface area (Å²) < 4.78 is 1.64. The summed E-state index contributed by atoms with van der Waals surface area (Å²) in [6, 6.07) is 9.72. The van der Waals surface area contributed by atoms with Crippen LogP contribution in [0, 0.1) is 0 Å². The minimum absolute atomic E-state index is 0.162. The minimum atomic E-state index is -0.162. The van der Waals surface area contributed by atoms with Crippen molar-refractivity contribution in [3.8, 4) is 0 Å². The van der Waals surface area contributed by atoms with Gasteiger partial charge in [0.15, 0.2) is 11.5 Å². The van der Waals surface area contributed by atoms with Gasteiger partial charge in [0.05, 0.1) is 12.2 Å². The van der Waals surface area contributed by atoms with Gasteiger partial charge in [-0.25, -0.2) is 14.5 Å². The van der Waals surface area contributed by atoms with Crippen molar-refractivity contribution < 1.29 is 4.79 Å². The Kier molecular flexibility index (Phi) is 3.92. The summed E-state index contributed by atoms with van der Waals surface area (Å²) in [7, 11) is 0. The van der Waals surface area contributed by atoms with Crippen molar-refractivity contribution in [2.45, 2.75) is 19.0 Å². The summed E-state index contributed by atoms with van der Waals surface area (Å²) in [5.74, 6) is 0.325. The summed E-state index contributed by atoms with van der Waals surface area (Å²) in [5.41, 5.74) is 3.57. The monoisotopic (exact) mass is 376 g/mol. The van der Waals surface area contributed by atoms with Gasteiger partial charge in [0.1, 0.15) is 5.01 Å². The van der Waals surface area contributed by atoms with Gasteiger partial charge < -0.3 is 10.6 Å². The smallest absolute Gasteiger partial charge is 0.257 e. The second kappa shape index (κ2) is 6.57. The highest BCUT2D eigenvalue weighted by Gasteiger charge is 2.25. The lowest BCUT2D eigenvalue weighted by molar-refractivity contribution is 0.102. The molecule has 0 saturated heterocycles. The van der Waals surface area contributed by atoms with Crippen LogP contribution >= 0.6 is 11.3 Å². The number of hydrogen-bond donors (Lipinski definition) is 2. The van der Waals surface area contributed by atoms with Gasteiger partial charge >= 0.3 is 0 Å². The molecule has 0 bridgehead atoms. The lowest BCUT2D eigenvalue weighted by atomic mass is 9.92. The first-order valence-electron chi connectivity index (χ1n) is 8.63. The van der Waals surface area contributed by atoms with Crippen LogP contribution in [-0.4, -0.2) is 25.5 Å². The lowest BCUT2D eigenvalue weighted by Crippen LogP contribution is -2.30. The summed E-state index contributed by atoms with van der Waals surface area (Å²) >= 11 is 1.65. The molecule has 134 valence electrons. The summed E-state index contributed by atoms with van der Waals surface area (Å²) in [4.78, 5) is 21.6. The number of imidazole rings is 1. The molecule has 8 heteroatoms. The fraction of sp³-hybridized carbons (Fsp3) is 0.158. The summed E-state index contributed by atoms with van der Waals surface area (Å²) in [5, 5.41) is 13.6. The largest absolute Gasteiger partial charge is 0.305 e. The number of carbonyl (C=O) groups excluding carboxylic acids is 1. The molecular formula is C19H16N6OS. The molecule has 3 aromatic heterocycles. The molecule has 5 rings (SSSR count). The number of rotatable bonds is 3. The van der Waals surface area contributed by atoms with Gasteiger partial charge in [0.25, 0.3) is 5.91 Å². The van der Waals surface area contributed by atoms with Crippen LogP contribution in [0.4, 0.5) is 5.82 Å². The van der Waals surface area contributed by atoms with Crippen molar-refractivity contribution in [1.29, 1.82) is 0 Å². The Hall–Kier alpha value is -3.10. The van der Waals surface area contributed by atoms with Gasteiger partial charge in [-0.2, -0.15) is 5.10 Å². The summed E-state index contributed by atoms with van der Waals surface area (Å²) in [6.45, 7) is 0.635. The highest BCUT2D eigenvalue weighted by molar-refractivity contribution is 7.09. The molecule has 1 aliphatic heterocycles. The zero-order valence-electron chi connectivity index (χ0n) is 14.3. The summed E-state index contributed by atoms with van der Waals surface area (Å²) in [6.07, 6.45) is 6.03. The van der Waals surface area contributed by atoms with Crippen LogP contribution in [0.3, 0.4) is 0 Å². The first-order chi connectivity index (χ1) is 13.3. The maximum atomic E-state index is 12.9. The van der Waals surface area contributed by atoms with E-state index in [-0.39, 0.29) is 11.9 Å². The molecule has 1 aromatic carbocycles. The van der Waals surface area contributed by atoms with E-state index in [9.17, 15) is 4.79 Å². The molecule has 27 heavy (non-hydrogen) atoms. The van der Waals surface area contributed by atoms with Crippen LogP contribution in [0.15, 0.2) is 54.3 Å². The number of amides is 1. The van der Waals surface area contributed by atoms with Crippen molar-refractivity contribution in [1.82, 2.24) is 24.9 Å². The average Bonchev–Trinajstić information content (AvgIpc) is 3.36. The molecule has 1 unspecified atom stereocenters. The molecule has 2 N–H and O–H groups in total. The van der Waals surface area contributed by atoms with Crippen LogP contribution in [0.2, 0.25) is 0 Å². The first-order valence-corrected chi connectivity index (χ1v) is 9.51. The topological polar surface area (TPSA) is 84.2 Å². The fourth-order valence-corrected chi connectivity index (χ4v) is 4.13. The lowest BCUT2D eigenvalue weighted by Gasteiger charge is -2.26. The Morgan fingerprint density at radius 1 is 1.26 bits per heavy atom. The number of nitrogens with one attached hydrogen (secondary N) is 2. The van der Waals surface area contributed by atoms with Crippen molar-refractivity contribution in [3.63, 3.8) is 0 Å².